The lowest BCUT2D eigenvalue weighted by molar-refractivity contribution is -0.116. The molecule has 1 aliphatic rings. The van der Waals surface area contributed by atoms with Crippen LogP contribution in [0, 0.1) is 0 Å². The first-order valence-corrected chi connectivity index (χ1v) is 11.5. The van der Waals surface area contributed by atoms with Gasteiger partial charge in [-0.1, -0.05) is 97.6 Å². The Kier molecular flexibility index (Phi) is 5.87. The van der Waals surface area contributed by atoms with E-state index in [1.807, 2.05) is 30.3 Å². The van der Waals surface area contributed by atoms with Crippen LogP contribution in [0.15, 0.2) is 116 Å². The summed E-state index contributed by atoms with van der Waals surface area (Å²) in [6.07, 6.45) is 1.96. The molecule has 0 bridgehead atoms. The Morgan fingerprint density at radius 1 is 0.853 bits per heavy atom. The minimum atomic E-state index is -0.662. The largest absolute Gasteiger partial charge is 0.497 e. The second-order valence-electron chi connectivity index (χ2n) is 8.56. The van der Waals surface area contributed by atoms with Crippen molar-refractivity contribution in [3.8, 4) is 16.9 Å². The van der Waals surface area contributed by atoms with E-state index < -0.39 is 11.6 Å². The van der Waals surface area contributed by atoms with E-state index in [1.165, 1.54) is 17.2 Å². The Hall–Kier alpha value is -3.95. The highest BCUT2D eigenvalue weighted by atomic mass is 16.5. The van der Waals surface area contributed by atoms with Crippen LogP contribution in [-0.2, 0) is 16.8 Å². The van der Waals surface area contributed by atoms with Crippen molar-refractivity contribution in [2.24, 2.45) is 0 Å². The molecule has 1 aliphatic carbocycles. The van der Waals surface area contributed by atoms with Crippen LogP contribution in [0.2, 0.25) is 0 Å². The second kappa shape index (κ2) is 9.12. The van der Waals surface area contributed by atoms with Crippen LogP contribution in [0.3, 0.4) is 0 Å². The van der Waals surface area contributed by atoms with Crippen molar-refractivity contribution >= 4 is 5.78 Å². The van der Waals surface area contributed by atoms with E-state index >= 15 is 0 Å². The highest BCUT2D eigenvalue weighted by Gasteiger charge is 2.46. The third kappa shape index (κ3) is 3.64. The Balaban J connectivity index is 1.67. The lowest BCUT2D eigenvalue weighted by Crippen LogP contribution is -2.52. The number of hydrogen-bond acceptors (Lipinski definition) is 3. The highest BCUT2D eigenvalue weighted by molar-refractivity contribution is 5.94. The summed E-state index contributed by atoms with van der Waals surface area (Å²) in [5.41, 5.74) is 6.16. The summed E-state index contributed by atoms with van der Waals surface area (Å²) >= 11 is 0. The van der Waals surface area contributed by atoms with Gasteiger partial charge in [-0.25, -0.2) is 0 Å². The third-order valence-electron chi connectivity index (χ3n) is 6.69. The molecule has 0 saturated heterocycles. The number of ether oxygens (including phenoxy) is 1. The van der Waals surface area contributed by atoms with Gasteiger partial charge < -0.3 is 4.74 Å². The summed E-state index contributed by atoms with van der Waals surface area (Å²) in [5, 5.41) is 3.83. The Labute approximate surface area is 200 Å². The van der Waals surface area contributed by atoms with Gasteiger partial charge in [0, 0.05) is 0 Å². The minimum Gasteiger partial charge on any atom is -0.497 e. The molecule has 0 aromatic heterocycles. The fourth-order valence-electron chi connectivity index (χ4n) is 5.10. The topological polar surface area (TPSA) is 38.3 Å². The maximum atomic E-state index is 13.2. The number of methoxy groups -OCH3 is 1. The predicted molar refractivity (Wildman–Crippen MR) is 137 cm³/mol. The minimum absolute atomic E-state index is 0.0343. The van der Waals surface area contributed by atoms with Gasteiger partial charge >= 0.3 is 0 Å². The average Bonchev–Trinajstić information content (AvgIpc) is 3.19. The number of rotatable bonds is 8. The first kappa shape index (κ1) is 21.9. The number of ketones is 1. The molecule has 0 radical (unpaired) electrons. The number of carbonyl (C=O) groups is 1. The first-order chi connectivity index (χ1) is 16.7. The zero-order chi connectivity index (χ0) is 23.5. The van der Waals surface area contributed by atoms with Crippen molar-refractivity contribution in [2.45, 2.75) is 18.0 Å². The molecule has 4 aromatic carbocycles. The van der Waals surface area contributed by atoms with Crippen LogP contribution < -0.4 is 10.1 Å². The maximum Gasteiger partial charge on any atom is 0.172 e. The lowest BCUT2D eigenvalue weighted by atomic mass is 9.79. The summed E-state index contributed by atoms with van der Waals surface area (Å²) in [5.74, 6) is 0.760. The van der Waals surface area contributed by atoms with Gasteiger partial charge in [-0.2, -0.15) is 0 Å². The van der Waals surface area contributed by atoms with E-state index in [0.29, 0.717) is 6.42 Å². The summed E-state index contributed by atoms with van der Waals surface area (Å²) in [6, 6.07) is 34.7. The molecule has 5 rings (SSSR count). The molecular formula is C31H27NO2. The molecule has 4 aromatic rings. The monoisotopic (exact) mass is 445 g/mol. The Morgan fingerprint density at radius 2 is 1.41 bits per heavy atom. The van der Waals surface area contributed by atoms with Crippen molar-refractivity contribution in [3.05, 3.63) is 138 Å². The summed E-state index contributed by atoms with van der Waals surface area (Å²) in [6.45, 7) is 3.80. The molecule has 0 unspecified atom stereocenters. The zero-order valence-electron chi connectivity index (χ0n) is 19.2. The molecule has 1 N–H and O–H groups in total. The molecule has 0 aliphatic heterocycles. The van der Waals surface area contributed by atoms with Gasteiger partial charge in [0.2, 0.25) is 0 Å². The van der Waals surface area contributed by atoms with E-state index in [0.717, 1.165) is 28.0 Å². The maximum absolute atomic E-state index is 13.2. The van der Waals surface area contributed by atoms with Crippen LogP contribution in [-0.4, -0.2) is 18.9 Å². The molecule has 3 heteroatoms. The van der Waals surface area contributed by atoms with Gasteiger partial charge in [0.25, 0.3) is 0 Å². The van der Waals surface area contributed by atoms with Gasteiger partial charge in [0.1, 0.15) is 5.75 Å². The van der Waals surface area contributed by atoms with Gasteiger partial charge in [-0.3, -0.25) is 10.1 Å². The smallest absolute Gasteiger partial charge is 0.172 e. The summed E-state index contributed by atoms with van der Waals surface area (Å²) in [4.78, 5) is 13.2. The van der Waals surface area contributed by atoms with Crippen LogP contribution in [0.4, 0.5) is 0 Å². The molecular weight excluding hydrogens is 418 g/mol. The molecule has 1 atom stereocenters. The molecule has 168 valence electrons. The summed E-state index contributed by atoms with van der Waals surface area (Å²) in [7, 11) is 1.65. The van der Waals surface area contributed by atoms with E-state index in [9.17, 15) is 4.79 Å². The molecule has 0 fully saturated rings. The SMILES string of the molecule is C=CC(=O)[C@@H](Cc1ccc(OC)cc1)NC1(c2ccccc2)c2ccccc2-c2ccccc21. The molecule has 0 saturated carbocycles. The van der Waals surface area contributed by atoms with Crippen molar-refractivity contribution in [3.63, 3.8) is 0 Å². The van der Waals surface area contributed by atoms with Crippen molar-refractivity contribution < 1.29 is 9.53 Å². The quantitative estimate of drug-likeness (QED) is 0.342. The van der Waals surface area contributed by atoms with E-state index in [4.69, 9.17) is 4.74 Å². The standard InChI is InChI=1S/C31H27NO2/c1-3-30(33)29(21-22-17-19-24(34-2)20-18-22)32-31(23-11-5-4-6-12-23)27-15-9-7-13-25(27)26-14-8-10-16-28(26)31/h3-20,29,32H,1,21H2,2H3/t29-/m1/s1. The molecule has 0 heterocycles. The average molecular weight is 446 g/mol. The van der Waals surface area contributed by atoms with Crippen molar-refractivity contribution in [2.75, 3.05) is 7.11 Å². The predicted octanol–water partition coefficient (Wildman–Crippen LogP) is 5.92. The lowest BCUT2D eigenvalue weighted by Gasteiger charge is -2.37. The fraction of sp³-hybridized carbons (Fsp3) is 0.129. The van der Waals surface area contributed by atoms with Crippen LogP contribution >= 0.6 is 0 Å². The third-order valence-corrected chi connectivity index (χ3v) is 6.69. The second-order valence-corrected chi connectivity index (χ2v) is 8.56. The van der Waals surface area contributed by atoms with Crippen LogP contribution in [0.5, 0.6) is 5.75 Å². The van der Waals surface area contributed by atoms with Crippen LogP contribution in [0.25, 0.3) is 11.1 Å². The highest BCUT2D eigenvalue weighted by Crippen LogP contribution is 2.51. The van der Waals surface area contributed by atoms with Gasteiger partial charge in [-0.15, -0.1) is 0 Å². The van der Waals surface area contributed by atoms with Crippen molar-refractivity contribution in [1.82, 2.24) is 5.32 Å². The van der Waals surface area contributed by atoms with Crippen molar-refractivity contribution in [1.29, 1.82) is 0 Å². The van der Waals surface area contributed by atoms with E-state index in [2.05, 4.69) is 84.7 Å². The number of nitrogens with one attached hydrogen (secondary N) is 1. The number of carbonyl (C=O) groups excluding carboxylic acids is 1. The van der Waals surface area contributed by atoms with Gasteiger partial charge in [0.05, 0.1) is 18.7 Å². The number of fused-ring (bicyclic) bond motifs is 3. The molecule has 3 nitrogen and oxygen atoms in total. The summed E-state index contributed by atoms with van der Waals surface area (Å²) < 4.78 is 5.30. The molecule has 34 heavy (non-hydrogen) atoms. The number of hydrogen-bond donors (Lipinski definition) is 1. The van der Waals surface area contributed by atoms with E-state index in [1.54, 1.807) is 7.11 Å². The zero-order valence-corrected chi connectivity index (χ0v) is 19.2. The Morgan fingerprint density at radius 3 is 1.97 bits per heavy atom. The molecule has 0 amide bonds. The fourth-order valence-corrected chi connectivity index (χ4v) is 5.10. The van der Waals surface area contributed by atoms with E-state index in [-0.39, 0.29) is 5.78 Å². The van der Waals surface area contributed by atoms with Gasteiger partial charge in [-0.05, 0) is 58.0 Å². The number of benzene rings is 4. The normalized spacial score (nSPS) is 14.0. The van der Waals surface area contributed by atoms with Gasteiger partial charge in [0.15, 0.2) is 5.78 Å². The van der Waals surface area contributed by atoms with Crippen LogP contribution in [0.1, 0.15) is 22.3 Å². The first-order valence-electron chi connectivity index (χ1n) is 11.5. The Bertz CT molecular complexity index is 1280. The molecule has 0 spiro atoms.